The topological polar surface area (TPSA) is 26.3 Å². The molecule has 15 heavy (non-hydrogen) atoms. The van der Waals surface area contributed by atoms with E-state index in [1.165, 1.54) is 0 Å². The van der Waals surface area contributed by atoms with Crippen LogP contribution in [-0.4, -0.2) is 18.5 Å². The molecule has 0 saturated heterocycles. The van der Waals surface area contributed by atoms with Crippen LogP contribution in [-0.2, 0) is 4.74 Å². The highest BCUT2D eigenvalue weighted by molar-refractivity contribution is 7.10. The zero-order valence-corrected chi connectivity index (χ0v) is 10.6. The van der Waals surface area contributed by atoms with Gasteiger partial charge in [0.05, 0.1) is 0 Å². The normalized spacial score (nSPS) is 13.1. The van der Waals surface area contributed by atoms with Gasteiger partial charge in [0.1, 0.15) is 6.10 Å². The summed E-state index contributed by atoms with van der Waals surface area (Å²) in [6.07, 6.45) is -0.303. The minimum absolute atomic E-state index is 0.116. The Kier molecular flexibility index (Phi) is 4.48. The lowest BCUT2D eigenvalue weighted by Crippen LogP contribution is -2.30. The third-order valence-corrected chi connectivity index (χ3v) is 3.18. The number of hydrogen-bond donors (Lipinski definition) is 0. The van der Waals surface area contributed by atoms with Crippen LogP contribution in [0.4, 0.5) is 0 Å². The fourth-order valence-electron chi connectivity index (χ4n) is 1.54. The maximum absolute atomic E-state index is 12.1. The van der Waals surface area contributed by atoms with Crippen LogP contribution in [0.5, 0.6) is 0 Å². The van der Waals surface area contributed by atoms with Gasteiger partial charge in [-0.3, -0.25) is 4.79 Å². The number of rotatable bonds is 5. The number of thiophene rings is 1. The summed E-state index contributed by atoms with van der Waals surface area (Å²) < 4.78 is 5.50. The summed E-state index contributed by atoms with van der Waals surface area (Å²) in [5.41, 5.74) is 0.812. The van der Waals surface area contributed by atoms with E-state index >= 15 is 0 Å². The zero-order valence-electron chi connectivity index (χ0n) is 9.74. The van der Waals surface area contributed by atoms with Crippen molar-refractivity contribution in [2.24, 2.45) is 5.92 Å². The molecule has 0 aromatic carbocycles. The van der Waals surface area contributed by atoms with Crippen molar-refractivity contribution in [1.29, 1.82) is 0 Å². The van der Waals surface area contributed by atoms with E-state index in [2.05, 4.69) is 0 Å². The third-order valence-electron chi connectivity index (χ3n) is 2.33. The maximum Gasteiger partial charge on any atom is 0.192 e. The Morgan fingerprint density at radius 1 is 1.53 bits per heavy atom. The van der Waals surface area contributed by atoms with E-state index in [1.54, 1.807) is 11.3 Å². The van der Waals surface area contributed by atoms with Gasteiger partial charge in [0.25, 0.3) is 0 Å². The van der Waals surface area contributed by atoms with Crippen LogP contribution >= 0.6 is 11.3 Å². The Bertz CT molecular complexity index is 328. The Morgan fingerprint density at radius 3 is 2.60 bits per heavy atom. The molecule has 0 fully saturated rings. The van der Waals surface area contributed by atoms with Gasteiger partial charge in [0.15, 0.2) is 5.78 Å². The molecule has 1 rings (SSSR count). The molecule has 0 aliphatic carbocycles. The summed E-state index contributed by atoms with van der Waals surface area (Å²) in [7, 11) is 0. The lowest BCUT2D eigenvalue weighted by Gasteiger charge is -2.19. The van der Waals surface area contributed by atoms with Crippen LogP contribution < -0.4 is 0 Å². The number of ether oxygens (including phenoxy) is 1. The highest BCUT2D eigenvalue weighted by Crippen LogP contribution is 2.20. The van der Waals surface area contributed by atoms with Gasteiger partial charge in [-0.05, 0) is 31.2 Å². The minimum Gasteiger partial charge on any atom is -0.370 e. The molecule has 2 nitrogen and oxygen atoms in total. The Hall–Kier alpha value is -0.670. The van der Waals surface area contributed by atoms with E-state index in [1.807, 2.05) is 39.1 Å². The smallest absolute Gasteiger partial charge is 0.192 e. The van der Waals surface area contributed by atoms with Gasteiger partial charge >= 0.3 is 0 Å². The molecule has 0 radical (unpaired) electrons. The van der Waals surface area contributed by atoms with Crippen LogP contribution in [0.3, 0.4) is 0 Å². The number of hydrogen-bond acceptors (Lipinski definition) is 3. The second-order valence-corrected chi connectivity index (χ2v) is 4.99. The second kappa shape index (κ2) is 5.42. The molecule has 1 aromatic rings. The Morgan fingerprint density at radius 2 is 2.20 bits per heavy atom. The van der Waals surface area contributed by atoms with Crippen LogP contribution in [0, 0.1) is 12.8 Å². The number of carbonyl (C=O) groups excluding carboxylic acids is 1. The summed E-state index contributed by atoms with van der Waals surface area (Å²) in [6.45, 7) is 8.50. The lowest BCUT2D eigenvalue weighted by atomic mass is 9.98. The molecule has 84 valence electrons. The first-order chi connectivity index (χ1) is 7.07. The minimum atomic E-state index is -0.303. The summed E-state index contributed by atoms with van der Waals surface area (Å²) >= 11 is 1.60. The number of ketones is 1. The standard InChI is InChI=1S/C12H18O2S/c1-5-14-12(8(2)3)11(13)10-6-7-15-9(10)4/h6-8,12H,5H2,1-4H3. The van der Waals surface area contributed by atoms with E-state index in [0.717, 1.165) is 10.4 Å². The van der Waals surface area contributed by atoms with Gasteiger partial charge in [0.2, 0.25) is 0 Å². The Labute approximate surface area is 95.3 Å². The first-order valence-corrected chi connectivity index (χ1v) is 6.15. The zero-order chi connectivity index (χ0) is 11.4. The molecule has 1 heterocycles. The van der Waals surface area contributed by atoms with Gasteiger partial charge in [-0.15, -0.1) is 11.3 Å². The highest BCUT2D eigenvalue weighted by atomic mass is 32.1. The summed E-state index contributed by atoms with van der Waals surface area (Å²) in [5.74, 6) is 0.336. The van der Waals surface area contributed by atoms with Gasteiger partial charge in [-0.1, -0.05) is 13.8 Å². The van der Waals surface area contributed by atoms with Crippen molar-refractivity contribution < 1.29 is 9.53 Å². The summed E-state index contributed by atoms with van der Waals surface area (Å²) in [5, 5.41) is 1.95. The second-order valence-electron chi connectivity index (χ2n) is 3.87. The third kappa shape index (κ3) is 2.89. The quantitative estimate of drug-likeness (QED) is 0.720. The SMILES string of the molecule is CCOC(C(=O)c1ccsc1C)C(C)C. The van der Waals surface area contributed by atoms with Crippen molar-refractivity contribution in [2.45, 2.75) is 33.8 Å². The predicted molar refractivity (Wildman–Crippen MR) is 63.6 cm³/mol. The molecule has 1 atom stereocenters. The van der Waals surface area contributed by atoms with Crippen molar-refractivity contribution in [3.8, 4) is 0 Å². The van der Waals surface area contributed by atoms with Gasteiger partial charge in [-0.2, -0.15) is 0 Å². The van der Waals surface area contributed by atoms with Gasteiger partial charge in [0, 0.05) is 17.0 Å². The van der Waals surface area contributed by atoms with E-state index in [0.29, 0.717) is 6.61 Å². The molecule has 0 N–H and O–H groups in total. The first-order valence-electron chi connectivity index (χ1n) is 5.27. The number of aryl methyl sites for hydroxylation is 1. The van der Waals surface area contributed by atoms with E-state index in [4.69, 9.17) is 4.74 Å². The molecule has 0 aliphatic heterocycles. The van der Waals surface area contributed by atoms with Crippen molar-refractivity contribution in [1.82, 2.24) is 0 Å². The van der Waals surface area contributed by atoms with Crippen molar-refractivity contribution >= 4 is 17.1 Å². The van der Waals surface area contributed by atoms with Crippen LogP contribution in [0.15, 0.2) is 11.4 Å². The van der Waals surface area contributed by atoms with E-state index in [9.17, 15) is 4.79 Å². The molecule has 0 bridgehead atoms. The summed E-state index contributed by atoms with van der Waals surface area (Å²) in [4.78, 5) is 13.2. The molecule has 0 aliphatic rings. The molecular weight excluding hydrogens is 208 g/mol. The monoisotopic (exact) mass is 226 g/mol. The molecule has 3 heteroatoms. The molecule has 1 unspecified atom stereocenters. The fraction of sp³-hybridized carbons (Fsp3) is 0.583. The first kappa shape index (κ1) is 12.4. The van der Waals surface area contributed by atoms with Crippen molar-refractivity contribution in [2.75, 3.05) is 6.61 Å². The van der Waals surface area contributed by atoms with Crippen molar-refractivity contribution in [3.05, 3.63) is 21.9 Å². The predicted octanol–water partition coefficient (Wildman–Crippen LogP) is 3.30. The van der Waals surface area contributed by atoms with Gasteiger partial charge < -0.3 is 4.74 Å². The average Bonchev–Trinajstić information content (AvgIpc) is 2.59. The fourth-order valence-corrected chi connectivity index (χ4v) is 2.25. The van der Waals surface area contributed by atoms with Crippen LogP contribution in [0.25, 0.3) is 0 Å². The maximum atomic E-state index is 12.1. The summed E-state index contributed by atoms with van der Waals surface area (Å²) in [6, 6.07) is 1.89. The molecular formula is C12H18O2S. The molecule has 1 aromatic heterocycles. The van der Waals surface area contributed by atoms with E-state index < -0.39 is 0 Å². The van der Waals surface area contributed by atoms with Gasteiger partial charge in [-0.25, -0.2) is 0 Å². The number of carbonyl (C=O) groups is 1. The largest absolute Gasteiger partial charge is 0.370 e. The number of Topliss-reactive ketones (excluding diaryl/α,β-unsaturated/α-hetero) is 1. The lowest BCUT2D eigenvalue weighted by molar-refractivity contribution is 0.0279. The molecule has 0 saturated carbocycles. The van der Waals surface area contributed by atoms with E-state index in [-0.39, 0.29) is 17.8 Å². The van der Waals surface area contributed by atoms with Crippen molar-refractivity contribution in [3.63, 3.8) is 0 Å². The highest BCUT2D eigenvalue weighted by Gasteiger charge is 2.25. The molecule has 0 spiro atoms. The van der Waals surface area contributed by atoms with Crippen LogP contribution in [0.2, 0.25) is 0 Å². The average molecular weight is 226 g/mol. The van der Waals surface area contributed by atoms with Crippen LogP contribution in [0.1, 0.15) is 36.0 Å². The molecule has 0 amide bonds. The Balaban J connectivity index is 2.86.